The van der Waals surface area contributed by atoms with Gasteiger partial charge in [0.1, 0.15) is 6.10 Å². The SMILES string of the molecule is CC=CC(=O)OC(CC)CPCC[N+](C)(C)C. The molecule has 4 heteroatoms. The third-order valence-electron chi connectivity index (χ3n) is 2.37. The van der Waals surface area contributed by atoms with Crippen molar-refractivity contribution < 1.29 is 14.0 Å². The van der Waals surface area contributed by atoms with E-state index in [1.165, 1.54) is 18.8 Å². The predicted octanol–water partition coefficient (Wildman–Crippen LogP) is 2.27. The molecule has 0 saturated carbocycles. The summed E-state index contributed by atoms with van der Waals surface area (Å²) in [5.74, 6) is -0.212. The second-order valence-corrected chi connectivity index (χ2v) is 6.59. The summed E-state index contributed by atoms with van der Waals surface area (Å²) in [5.41, 5.74) is 0. The fourth-order valence-corrected chi connectivity index (χ4v) is 3.01. The van der Waals surface area contributed by atoms with Gasteiger partial charge in [-0.05, 0) is 13.3 Å². The maximum Gasteiger partial charge on any atom is 0.330 e. The van der Waals surface area contributed by atoms with E-state index in [4.69, 9.17) is 4.74 Å². The van der Waals surface area contributed by atoms with Crippen LogP contribution in [0.2, 0.25) is 0 Å². The van der Waals surface area contributed by atoms with E-state index >= 15 is 0 Å². The molecule has 0 fully saturated rings. The normalized spacial score (nSPS) is 14.6. The summed E-state index contributed by atoms with van der Waals surface area (Å²) in [4.78, 5) is 11.3. The molecule has 0 saturated heterocycles. The first-order valence-corrected chi connectivity index (χ1v) is 7.65. The molecule has 0 amide bonds. The van der Waals surface area contributed by atoms with Crippen LogP contribution in [0.3, 0.4) is 0 Å². The van der Waals surface area contributed by atoms with Gasteiger partial charge in [-0.1, -0.05) is 13.0 Å². The number of esters is 1. The lowest BCUT2D eigenvalue weighted by molar-refractivity contribution is -0.867. The summed E-state index contributed by atoms with van der Waals surface area (Å²) in [5, 5.41) is 0. The van der Waals surface area contributed by atoms with Crippen LogP contribution in [-0.4, -0.2) is 56.6 Å². The molecule has 0 aliphatic rings. The van der Waals surface area contributed by atoms with Gasteiger partial charge in [0.25, 0.3) is 0 Å². The second kappa shape index (κ2) is 8.66. The average Bonchev–Trinajstić information content (AvgIpc) is 2.21. The first kappa shape index (κ1) is 16.6. The third-order valence-corrected chi connectivity index (χ3v) is 3.69. The second-order valence-electron chi connectivity index (χ2n) is 5.19. The van der Waals surface area contributed by atoms with Crippen LogP contribution in [0.1, 0.15) is 20.3 Å². The lowest BCUT2D eigenvalue weighted by atomic mass is 10.3. The van der Waals surface area contributed by atoms with Gasteiger partial charge < -0.3 is 9.22 Å². The Morgan fingerprint density at radius 1 is 1.41 bits per heavy atom. The van der Waals surface area contributed by atoms with Gasteiger partial charge in [0.15, 0.2) is 0 Å². The fourth-order valence-electron chi connectivity index (χ4n) is 1.29. The van der Waals surface area contributed by atoms with Gasteiger partial charge in [-0.25, -0.2) is 4.79 Å². The Morgan fingerprint density at radius 2 is 2.06 bits per heavy atom. The molecule has 0 aromatic carbocycles. The summed E-state index contributed by atoms with van der Waals surface area (Å²) in [6.45, 7) is 5.07. The van der Waals surface area contributed by atoms with Gasteiger partial charge in [-0.3, -0.25) is 0 Å². The van der Waals surface area contributed by atoms with Crippen molar-refractivity contribution in [2.45, 2.75) is 26.4 Å². The average molecular weight is 260 g/mol. The highest BCUT2D eigenvalue weighted by Crippen LogP contribution is 2.16. The highest BCUT2D eigenvalue weighted by atomic mass is 31.1. The zero-order chi connectivity index (χ0) is 13.3. The number of carbonyl (C=O) groups is 1. The molecule has 0 aromatic heterocycles. The first-order chi connectivity index (χ1) is 7.89. The fraction of sp³-hybridized carbons (Fsp3) is 0.769. The van der Waals surface area contributed by atoms with Crippen LogP contribution in [-0.2, 0) is 9.53 Å². The maximum atomic E-state index is 11.3. The number of nitrogens with zero attached hydrogens (tertiary/aromatic N) is 1. The molecule has 0 heterocycles. The number of ether oxygens (including phenoxy) is 1. The van der Waals surface area contributed by atoms with E-state index in [1.54, 1.807) is 6.08 Å². The van der Waals surface area contributed by atoms with Gasteiger partial charge in [0, 0.05) is 18.4 Å². The van der Waals surface area contributed by atoms with E-state index in [0.29, 0.717) is 0 Å². The topological polar surface area (TPSA) is 26.3 Å². The van der Waals surface area contributed by atoms with Crippen LogP contribution >= 0.6 is 8.58 Å². The number of hydrogen-bond donors (Lipinski definition) is 0. The maximum absolute atomic E-state index is 11.3. The number of rotatable bonds is 8. The molecule has 17 heavy (non-hydrogen) atoms. The molecule has 0 aliphatic heterocycles. The summed E-state index contributed by atoms with van der Waals surface area (Å²) in [6, 6.07) is 0. The Balaban J connectivity index is 3.79. The molecule has 0 rings (SSSR count). The highest BCUT2D eigenvalue weighted by molar-refractivity contribution is 7.38. The van der Waals surface area contributed by atoms with Gasteiger partial charge >= 0.3 is 5.97 Å². The molecule has 0 aliphatic carbocycles. The standard InChI is InChI=1S/C13H27NO2P/c1-6-8-13(15)16-12(7-2)11-17-10-9-14(3,4)5/h6,8,12,17H,7,9-11H2,1-5H3/q+1. The van der Waals surface area contributed by atoms with Crippen molar-refractivity contribution in [3.8, 4) is 0 Å². The lowest BCUT2D eigenvalue weighted by Gasteiger charge is -2.24. The Hall–Kier alpha value is -0.400. The molecular weight excluding hydrogens is 233 g/mol. The summed E-state index contributed by atoms with van der Waals surface area (Å²) in [7, 11) is 7.48. The Bertz CT molecular complexity index is 246. The molecule has 0 spiro atoms. The van der Waals surface area contributed by atoms with Gasteiger partial charge in [0.05, 0.1) is 27.7 Å². The summed E-state index contributed by atoms with van der Waals surface area (Å²) < 4.78 is 6.35. The molecule has 2 atom stereocenters. The molecular formula is C13H27NO2P+. The third kappa shape index (κ3) is 10.5. The zero-order valence-corrected chi connectivity index (χ0v) is 12.8. The summed E-state index contributed by atoms with van der Waals surface area (Å²) >= 11 is 0. The monoisotopic (exact) mass is 260 g/mol. The Labute approximate surface area is 108 Å². The largest absolute Gasteiger partial charge is 0.459 e. The minimum Gasteiger partial charge on any atom is -0.459 e. The molecule has 0 radical (unpaired) electrons. The molecule has 2 unspecified atom stereocenters. The zero-order valence-electron chi connectivity index (χ0n) is 11.8. The molecule has 0 N–H and O–H groups in total. The number of allylic oxidation sites excluding steroid dienone is 1. The smallest absolute Gasteiger partial charge is 0.330 e. The number of quaternary nitrogens is 1. The van der Waals surface area contributed by atoms with E-state index in [0.717, 1.165) is 25.6 Å². The molecule has 0 aromatic rings. The van der Waals surface area contributed by atoms with Gasteiger partial charge in [0.2, 0.25) is 0 Å². The van der Waals surface area contributed by atoms with Crippen LogP contribution in [0.4, 0.5) is 0 Å². The minimum absolute atomic E-state index is 0.0875. The minimum atomic E-state index is -0.212. The van der Waals surface area contributed by atoms with Gasteiger partial charge in [-0.2, -0.15) is 0 Å². The van der Waals surface area contributed by atoms with Crippen molar-refractivity contribution in [1.29, 1.82) is 0 Å². The Morgan fingerprint density at radius 3 is 2.53 bits per heavy atom. The first-order valence-electron chi connectivity index (χ1n) is 6.23. The van der Waals surface area contributed by atoms with Crippen molar-refractivity contribution in [1.82, 2.24) is 0 Å². The predicted molar refractivity (Wildman–Crippen MR) is 75.9 cm³/mol. The van der Waals surface area contributed by atoms with Crippen molar-refractivity contribution in [2.75, 3.05) is 40.0 Å². The van der Waals surface area contributed by atoms with Crippen molar-refractivity contribution >= 4 is 14.6 Å². The highest BCUT2D eigenvalue weighted by Gasteiger charge is 2.11. The van der Waals surface area contributed by atoms with E-state index < -0.39 is 0 Å². The van der Waals surface area contributed by atoms with Crippen molar-refractivity contribution in [3.63, 3.8) is 0 Å². The van der Waals surface area contributed by atoms with E-state index in [-0.39, 0.29) is 12.1 Å². The van der Waals surface area contributed by atoms with Gasteiger partial charge in [-0.15, -0.1) is 8.58 Å². The number of carbonyl (C=O) groups excluding carboxylic acids is 1. The Kier molecular flexibility index (Phi) is 8.45. The summed E-state index contributed by atoms with van der Waals surface area (Å²) in [6.07, 6.45) is 6.40. The molecule has 3 nitrogen and oxygen atoms in total. The molecule has 0 bridgehead atoms. The molecule has 100 valence electrons. The number of hydrogen-bond acceptors (Lipinski definition) is 2. The van der Waals surface area contributed by atoms with Crippen LogP contribution in [0.25, 0.3) is 0 Å². The van der Waals surface area contributed by atoms with Crippen LogP contribution < -0.4 is 0 Å². The van der Waals surface area contributed by atoms with Crippen molar-refractivity contribution in [3.05, 3.63) is 12.2 Å². The quantitative estimate of drug-likeness (QED) is 0.220. The van der Waals surface area contributed by atoms with Crippen LogP contribution in [0, 0.1) is 0 Å². The van der Waals surface area contributed by atoms with E-state index in [9.17, 15) is 4.79 Å². The lowest BCUT2D eigenvalue weighted by Crippen LogP contribution is -2.36. The van der Waals surface area contributed by atoms with E-state index in [2.05, 4.69) is 28.1 Å². The van der Waals surface area contributed by atoms with Crippen LogP contribution in [0.5, 0.6) is 0 Å². The van der Waals surface area contributed by atoms with Crippen molar-refractivity contribution in [2.24, 2.45) is 0 Å². The van der Waals surface area contributed by atoms with Crippen LogP contribution in [0.15, 0.2) is 12.2 Å². The van der Waals surface area contributed by atoms with E-state index in [1.807, 2.05) is 6.92 Å².